The predicted molar refractivity (Wildman–Crippen MR) is 112 cm³/mol. The van der Waals surface area contributed by atoms with Gasteiger partial charge in [-0.3, -0.25) is 4.79 Å². The van der Waals surface area contributed by atoms with Crippen LogP contribution >= 0.6 is 0 Å². The van der Waals surface area contributed by atoms with Crippen LogP contribution in [0.3, 0.4) is 0 Å². The maximum absolute atomic E-state index is 13.7. The highest BCUT2D eigenvalue weighted by Gasteiger charge is 2.34. The molecule has 1 aliphatic rings. The summed E-state index contributed by atoms with van der Waals surface area (Å²) in [6, 6.07) is 11.4. The van der Waals surface area contributed by atoms with E-state index in [1.165, 1.54) is 4.80 Å². The van der Waals surface area contributed by atoms with E-state index < -0.39 is 0 Å². The molecule has 8 nitrogen and oxygen atoms in total. The van der Waals surface area contributed by atoms with Crippen LogP contribution < -0.4 is 4.74 Å². The minimum absolute atomic E-state index is 0.0269. The van der Waals surface area contributed by atoms with E-state index in [0.29, 0.717) is 17.8 Å². The van der Waals surface area contributed by atoms with Gasteiger partial charge >= 0.3 is 0 Å². The van der Waals surface area contributed by atoms with Crippen LogP contribution in [0.15, 0.2) is 48.8 Å². The number of nitrogens with zero attached hydrogens (tertiary/aromatic N) is 5. The van der Waals surface area contributed by atoms with Gasteiger partial charge in [0.25, 0.3) is 5.91 Å². The highest BCUT2D eigenvalue weighted by molar-refractivity contribution is 5.99. The number of H-pyrrole nitrogens is 1. The molecule has 0 aliphatic carbocycles. The Hall–Kier alpha value is -3.68. The molecule has 1 atom stereocenters. The number of aryl methyl sites for hydroxylation is 1. The molecule has 30 heavy (non-hydrogen) atoms. The molecule has 0 bridgehead atoms. The number of hydrogen-bond acceptors (Lipinski definition) is 5. The Morgan fingerprint density at radius 2 is 2.03 bits per heavy atom. The number of carbonyl (C=O) groups excluding carboxylic acids is 1. The number of methoxy groups -OCH3 is 1. The van der Waals surface area contributed by atoms with Gasteiger partial charge in [0.2, 0.25) is 0 Å². The van der Waals surface area contributed by atoms with E-state index >= 15 is 0 Å². The summed E-state index contributed by atoms with van der Waals surface area (Å²) in [4.78, 5) is 25.2. The van der Waals surface area contributed by atoms with Crippen molar-refractivity contribution in [3.8, 4) is 11.4 Å². The van der Waals surface area contributed by atoms with Gasteiger partial charge in [-0.05, 0) is 43.5 Å². The lowest BCUT2D eigenvalue weighted by atomic mass is 10.0. The summed E-state index contributed by atoms with van der Waals surface area (Å²) in [7, 11) is 1.64. The van der Waals surface area contributed by atoms with Crippen LogP contribution in [0.1, 0.15) is 40.6 Å². The minimum Gasteiger partial charge on any atom is -0.497 e. The summed E-state index contributed by atoms with van der Waals surface area (Å²) in [5.74, 6) is 1.55. The van der Waals surface area contributed by atoms with Crippen LogP contribution in [0.4, 0.5) is 0 Å². The fourth-order valence-corrected chi connectivity index (χ4v) is 4.17. The number of ether oxygens (including phenoxy) is 1. The summed E-state index contributed by atoms with van der Waals surface area (Å²) in [5.41, 5.74) is 3.97. The lowest BCUT2D eigenvalue weighted by Crippen LogP contribution is -2.32. The maximum Gasteiger partial charge on any atom is 0.257 e. The van der Waals surface area contributed by atoms with Gasteiger partial charge in [0.1, 0.15) is 11.6 Å². The fraction of sp³-hybridized carbons (Fsp3) is 0.273. The van der Waals surface area contributed by atoms with Crippen molar-refractivity contribution < 1.29 is 9.53 Å². The maximum atomic E-state index is 13.7. The van der Waals surface area contributed by atoms with E-state index in [4.69, 9.17) is 9.72 Å². The first-order chi connectivity index (χ1) is 14.7. The number of hydrogen-bond donors (Lipinski definition) is 1. The topological polar surface area (TPSA) is 88.9 Å². The molecule has 0 radical (unpaired) electrons. The van der Waals surface area contributed by atoms with Crippen molar-refractivity contribution in [2.45, 2.75) is 25.8 Å². The van der Waals surface area contributed by atoms with Gasteiger partial charge in [0, 0.05) is 12.6 Å². The van der Waals surface area contributed by atoms with Gasteiger partial charge in [0.15, 0.2) is 0 Å². The average Bonchev–Trinajstić information content (AvgIpc) is 3.52. The van der Waals surface area contributed by atoms with Crippen LogP contribution in [-0.2, 0) is 0 Å². The van der Waals surface area contributed by atoms with Gasteiger partial charge in [-0.15, -0.1) is 0 Å². The first kappa shape index (κ1) is 18.4. The average molecular weight is 402 g/mol. The molecule has 2 aromatic carbocycles. The zero-order valence-electron chi connectivity index (χ0n) is 16.9. The third kappa shape index (κ3) is 3.01. The van der Waals surface area contributed by atoms with Gasteiger partial charge in [-0.1, -0.05) is 12.1 Å². The van der Waals surface area contributed by atoms with Gasteiger partial charge in [-0.25, -0.2) is 4.98 Å². The highest BCUT2D eigenvalue weighted by Crippen LogP contribution is 2.34. The number of aromatic nitrogens is 5. The number of aromatic amines is 1. The molecule has 0 saturated carbocycles. The van der Waals surface area contributed by atoms with Crippen molar-refractivity contribution in [2.24, 2.45) is 0 Å². The van der Waals surface area contributed by atoms with Crippen molar-refractivity contribution in [3.63, 3.8) is 0 Å². The first-order valence-corrected chi connectivity index (χ1v) is 9.96. The predicted octanol–water partition coefficient (Wildman–Crippen LogP) is 3.44. The summed E-state index contributed by atoms with van der Waals surface area (Å²) in [6.07, 6.45) is 5.01. The van der Waals surface area contributed by atoms with Crippen molar-refractivity contribution in [2.75, 3.05) is 13.7 Å². The molecule has 2 aromatic heterocycles. The van der Waals surface area contributed by atoms with E-state index in [1.807, 2.05) is 48.2 Å². The standard InChI is InChI=1S/C22H22N6O2/c1-14-5-3-6-18(28-23-10-11-24-28)20(14)22(29)27-12-4-7-19(27)21-25-16-9-8-15(30-2)13-17(16)26-21/h3,5-6,8-11,13,19H,4,7,12H2,1-2H3,(H,25,26)/t19-/m0/s1. The number of likely N-dealkylation sites (tertiary alicyclic amines) is 1. The fourth-order valence-electron chi connectivity index (χ4n) is 4.17. The molecular weight excluding hydrogens is 380 g/mol. The second-order valence-electron chi connectivity index (χ2n) is 7.45. The lowest BCUT2D eigenvalue weighted by Gasteiger charge is -2.25. The SMILES string of the molecule is COc1ccc2nc([C@@H]3CCCN3C(=O)c3c(C)cccc3-n3nccn3)[nH]c2c1. The number of fused-ring (bicyclic) bond motifs is 1. The van der Waals surface area contributed by atoms with Crippen LogP contribution in [0, 0.1) is 6.92 Å². The van der Waals surface area contributed by atoms with Gasteiger partial charge < -0.3 is 14.6 Å². The second kappa shape index (κ2) is 7.29. The van der Waals surface area contributed by atoms with Gasteiger partial charge in [-0.2, -0.15) is 15.0 Å². The molecule has 8 heteroatoms. The van der Waals surface area contributed by atoms with Gasteiger partial charge in [0.05, 0.1) is 47.8 Å². The van der Waals surface area contributed by atoms with Crippen molar-refractivity contribution in [1.82, 2.24) is 29.9 Å². The zero-order valence-corrected chi connectivity index (χ0v) is 16.9. The van der Waals surface area contributed by atoms with Crippen molar-refractivity contribution in [1.29, 1.82) is 0 Å². The number of amides is 1. The molecule has 0 unspecified atom stereocenters. The Labute approximate surface area is 173 Å². The van der Waals surface area contributed by atoms with E-state index in [-0.39, 0.29) is 11.9 Å². The Morgan fingerprint density at radius 3 is 2.83 bits per heavy atom. The third-order valence-corrected chi connectivity index (χ3v) is 5.64. The van der Waals surface area contributed by atoms with Crippen molar-refractivity contribution >= 4 is 16.9 Å². The van der Waals surface area contributed by atoms with Crippen molar-refractivity contribution in [3.05, 3.63) is 65.7 Å². The summed E-state index contributed by atoms with van der Waals surface area (Å²) in [5, 5.41) is 8.45. The Morgan fingerprint density at radius 1 is 1.20 bits per heavy atom. The zero-order chi connectivity index (χ0) is 20.7. The summed E-state index contributed by atoms with van der Waals surface area (Å²) >= 11 is 0. The second-order valence-corrected chi connectivity index (χ2v) is 7.45. The quantitative estimate of drug-likeness (QED) is 0.565. The monoisotopic (exact) mass is 402 g/mol. The molecule has 1 N–H and O–H groups in total. The minimum atomic E-state index is -0.103. The summed E-state index contributed by atoms with van der Waals surface area (Å²) in [6.45, 7) is 2.63. The number of carbonyl (C=O) groups is 1. The molecule has 1 fully saturated rings. The Kier molecular flexibility index (Phi) is 4.46. The number of nitrogens with one attached hydrogen (secondary N) is 1. The Bertz CT molecular complexity index is 1210. The Balaban J connectivity index is 1.53. The molecule has 152 valence electrons. The third-order valence-electron chi connectivity index (χ3n) is 5.64. The molecule has 0 spiro atoms. The number of rotatable bonds is 4. The lowest BCUT2D eigenvalue weighted by molar-refractivity contribution is 0.0729. The molecular formula is C22H22N6O2. The van der Waals surface area contributed by atoms with E-state index in [2.05, 4.69) is 15.2 Å². The van der Waals surface area contributed by atoms with E-state index in [1.54, 1.807) is 19.5 Å². The number of benzene rings is 2. The smallest absolute Gasteiger partial charge is 0.257 e. The van der Waals surface area contributed by atoms with E-state index in [9.17, 15) is 4.79 Å². The van der Waals surface area contributed by atoms with Crippen LogP contribution in [0.25, 0.3) is 16.7 Å². The largest absolute Gasteiger partial charge is 0.497 e. The van der Waals surface area contributed by atoms with Crippen LogP contribution in [-0.4, -0.2) is 49.4 Å². The molecule has 3 heterocycles. The van der Waals surface area contributed by atoms with E-state index in [0.717, 1.165) is 41.0 Å². The molecule has 1 saturated heterocycles. The first-order valence-electron chi connectivity index (χ1n) is 9.96. The highest BCUT2D eigenvalue weighted by atomic mass is 16.5. The molecule has 5 rings (SSSR count). The van der Waals surface area contributed by atoms with Crippen LogP contribution in [0.5, 0.6) is 5.75 Å². The number of imidazole rings is 1. The van der Waals surface area contributed by atoms with Crippen LogP contribution in [0.2, 0.25) is 0 Å². The molecule has 1 amide bonds. The molecule has 4 aromatic rings. The normalized spacial score (nSPS) is 16.3. The molecule has 1 aliphatic heterocycles. The summed E-state index contributed by atoms with van der Waals surface area (Å²) < 4.78 is 5.31.